The Kier molecular flexibility index (Phi) is 10.1. The fraction of sp³-hybridized carbons (Fsp3) is 0.588. The average Bonchev–Trinajstić information content (AvgIpc) is 2.59. The second kappa shape index (κ2) is 11.5. The molecule has 9 heteroatoms. The minimum atomic E-state index is -4.17. The summed E-state index contributed by atoms with van der Waals surface area (Å²) < 4.78 is 42.2. The van der Waals surface area contributed by atoms with Gasteiger partial charge in [0, 0.05) is 31.9 Å². The maximum Gasteiger partial charge on any atom is 0.390 e. The van der Waals surface area contributed by atoms with E-state index in [1.54, 1.807) is 0 Å². The number of hydrogen-bond donors (Lipinski definition) is 2. The molecule has 0 spiro atoms. The van der Waals surface area contributed by atoms with Crippen molar-refractivity contribution in [3.63, 3.8) is 0 Å². The number of nitrogens with one attached hydrogen (secondary N) is 2. The highest BCUT2D eigenvalue weighted by molar-refractivity contribution is 14.0. The average molecular weight is 486 g/mol. The van der Waals surface area contributed by atoms with Crippen molar-refractivity contribution in [2.75, 3.05) is 44.3 Å². The van der Waals surface area contributed by atoms with Crippen LogP contribution in [0.4, 0.5) is 18.9 Å². The Labute approximate surface area is 169 Å². The van der Waals surface area contributed by atoms with Gasteiger partial charge in [-0.15, -0.1) is 24.0 Å². The Morgan fingerprint density at radius 2 is 1.88 bits per heavy atom. The van der Waals surface area contributed by atoms with Crippen molar-refractivity contribution < 1.29 is 17.9 Å². The van der Waals surface area contributed by atoms with Crippen LogP contribution >= 0.6 is 24.0 Å². The number of aliphatic imine (C=N–C) groups is 1. The van der Waals surface area contributed by atoms with Crippen molar-refractivity contribution in [3.8, 4) is 0 Å². The number of anilines is 1. The van der Waals surface area contributed by atoms with E-state index in [1.165, 1.54) is 0 Å². The van der Waals surface area contributed by atoms with Crippen molar-refractivity contribution in [2.24, 2.45) is 4.99 Å². The topological polar surface area (TPSA) is 48.9 Å². The summed E-state index contributed by atoms with van der Waals surface area (Å²) in [4.78, 5) is 6.68. The molecule has 2 rings (SSSR count). The number of guanidine groups is 1. The van der Waals surface area contributed by atoms with Crippen LogP contribution in [0.2, 0.25) is 0 Å². The summed E-state index contributed by atoms with van der Waals surface area (Å²) in [6, 6.07) is 7.96. The normalized spacial score (nSPS) is 15.4. The van der Waals surface area contributed by atoms with E-state index in [-0.39, 0.29) is 30.5 Å². The van der Waals surface area contributed by atoms with Crippen molar-refractivity contribution in [1.82, 2.24) is 10.6 Å². The molecule has 0 aliphatic carbocycles. The molecule has 148 valence electrons. The van der Waals surface area contributed by atoms with Gasteiger partial charge in [-0.1, -0.05) is 18.2 Å². The fourth-order valence-electron chi connectivity index (χ4n) is 2.59. The molecular formula is C17H26F3IN4O. The molecule has 0 bridgehead atoms. The number of hydrogen-bond acceptors (Lipinski definition) is 3. The Bertz CT molecular complexity index is 563. The van der Waals surface area contributed by atoms with Gasteiger partial charge in [0.2, 0.25) is 0 Å². The van der Waals surface area contributed by atoms with E-state index in [9.17, 15) is 13.2 Å². The van der Waals surface area contributed by atoms with Crippen molar-refractivity contribution >= 4 is 35.6 Å². The number of morpholine rings is 1. The van der Waals surface area contributed by atoms with Crippen molar-refractivity contribution in [2.45, 2.75) is 26.1 Å². The summed E-state index contributed by atoms with van der Waals surface area (Å²) in [5.41, 5.74) is 2.14. The summed E-state index contributed by atoms with van der Waals surface area (Å²) in [5, 5.41) is 5.71. The van der Waals surface area contributed by atoms with Crippen LogP contribution in [-0.2, 0) is 11.3 Å². The Morgan fingerprint density at radius 3 is 2.54 bits per heavy atom. The van der Waals surface area contributed by atoms with E-state index in [2.05, 4.69) is 20.5 Å². The van der Waals surface area contributed by atoms with Gasteiger partial charge in [-0.25, -0.2) is 4.99 Å². The van der Waals surface area contributed by atoms with Crippen LogP contribution in [0.15, 0.2) is 29.3 Å². The lowest BCUT2D eigenvalue weighted by Crippen LogP contribution is -2.39. The number of rotatable bonds is 6. The first-order chi connectivity index (χ1) is 12.0. The van der Waals surface area contributed by atoms with Gasteiger partial charge in [-0.05, 0) is 18.6 Å². The van der Waals surface area contributed by atoms with Gasteiger partial charge < -0.3 is 20.3 Å². The number of alkyl halides is 3. The molecule has 1 aromatic rings. The lowest BCUT2D eigenvalue weighted by Gasteiger charge is -2.30. The van der Waals surface area contributed by atoms with Gasteiger partial charge in [0.25, 0.3) is 0 Å². The first kappa shape index (κ1) is 22.8. The number of benzene rings is 1. The molecule has 1 aliphatic heterocycles. The molecular weight excluding hydrogens is 460 g/mol. The van der Waals surface area contributed by atoms with Gasteiger partial charge in [-0.2, -0.15) is 13.2 Å². The maximum absolute atomic E-state index is 12.3. The van der Waals surface area contributed by atoms with Crippen LogP contribution < -0.4 is 15.5 Å². The van der Waals surface area contributed by atoms with Gasteiger partial charge in [0.15, 0.2) is 5.96 Å². The van der Waals surface area contributed by atoms with Crippen LogP contribution in [0.5, 0.6) is 0 Å². The third-order valence-electron chi connectivity index (χ3n) is 3.80. The molecule has 1 aromatic carbocycles. The predicted molar refractivity (Wildman–Crippen MR) is 108 cm³/mol. The molecule has 1 fully saturated rings. The summed E-state index contributed by atoms with van der Waals surface area (Å²) >= 11 is 0. The molecule has 1 saturated heterocycles. The third-order valence-corrected chi connectivity index (χ3v) is 3.80. The maximum atomic E-state index is 12.3. The zero-order valence-corrected chi connectivity index (χ0v) is 17.1. The number of ether oxygens (including phenoxy) is 1. The SMILES string of the molecule is CCNC(=NCc1ccccc1N1CCOCC1)NCCC(F)(F)F.I. The van der Waals surface area contributed by atoms with Gasteiger partial charge >= 0.3 is 6.18 Å². The first-order valence-corrected chi connectivity index (χ1v) is 8.49. The highest BCUT2D eigenvalue weighted by atomic mass is 127. The number of para-hydroxylation sites is 1. The van der Waals surface area contributed by atoms with Crippen molar-refractivity contribution in [1.29, 1.82) is 0 Å². The zero-order valence-electron chi connectivity index (χ0n) is 14.8. The molecule has 0 unspecified atom stereocenters. The quantitative estimate of drug-likeness (QED) is 0.369. The smallest absolute Gasteiger partial charge is 0.378 e. The van der Waals surface area contributed by atoms with Gasteiger partial charge in [-0.3, -0.25) is 0 Å². The van der Waals surface area contributed by atoms with Crippen LogP contribution in [0, 0.1) is 0 Å². The minimum Gasteiger partial charge on any atom is -0.378 e. The molecule has 0 atom stereocenters. The van der Waals surface area contributed by atoms with E-state index < -0.39 is 12.6 Å². The number of nitrogens with zero attached hydrogens (tertiary/aromatic N) is 2. The van der Waals surface area contributed by atoms with E-state index in [1.807, 2.05) is 31.2 Å². The predicted octanol–water partition coefficient (Wildman–Crippen LogP) is 3.15. The molecule has 5 nitrogen and oxygen atoms in total. The highest BCUT2D eigenvalue weighted by Gasteiger charge is 2.26. The summed E-state index contributed by atoms with van der Waals surface area (Å²) in [7, 11) is 0. The molecule has 1 aliphatic rings. The molecule has 26 heavy (non-hydrogen) atoms. The first-order valence-electron chi connectivity index (χ1n) is 8.49. The monoisotopic (exact) mass is 486 g/mol. The van der Waals surface area contributed by atoms with E-state index in [0.717, 1.165) is 24.3 Å². The fourth-order valence-corrected chi connectivity index (χ4v) is 2.59. The Morgan fingerprint density at radius 1 is 1.19 bits per heavy atom. The van der Waals surface area contributed by atoms with Gasteiger partial charge in [0.05, 0.1) is 26.2 Å². The van der Waals surface area contributed by atoms with E-state index >= 15 is 0 Å². The minimum absolute atomic E-state index is 0. The summed E-state index contributed by atoms with van der Waals surface area (Å²) in [5.74, 6) is 0.392. The second-order valence-electron chi connectivity index (χ2n) is 5.72. The van der Waals surface area contributed by atoms with Crippen LogP contribution in [0.3, 0.4) is 0 Å². The van der Waals surface area contributed by atoms with E-state index in [4.69, 9.17) is 4.74 Å². The van der Waals surface area contributed by atoms with E-state index in [0.29, 0.717) is 32.3 Å². The second-order valence-corrected chi connectivity index (χ2v) is 5.72. The zero-order chi connectivity index (χ0) is 18.1. The standard InChI is InChI=1S/C17H25F3N4O.HI/c1-2-21-16(22-8-7-17(18,19)20)23-13-14-5-3-4-6-15(14)24-9-11-25-12-10-24;/h3-6H,2,7-13H2,1H3,(H2,21,22,23);1H. The lowest BCUT2D eigenvalue weighted by molar-refractivity contribution is -0.132. The Balaban J connectivity index is 0.00000338. The molecule has 0 amide bonds. The largest absolute Gasteiger partial charge is 0.390 e. The Hall–Kier alpha value is -1.23. The van der Waals surface area contributed by atoms with Gasteiger partial charge in [0.1, 0.15) is 0 Å². The third kappa shape index (κ3) is 7.98. The van der Waals surface area contributed by atoms with Crippen LogP contribution in [0.25, 0.3) is 0 Å². The molecule has 2 N–H and O–H groups in total. The molecule has 0 saturated carbocycles. The molecule has 0 radical (unpaired) electrons. The molecule has 1 heterocycles. The van der Waals surface area contributed by atoms with Crippen LogP contribution in [0.1, 0.15) is 18.9 Å². The highest BCUT2D eigenvalue weighted by Crippen LogP contribution is 2.22. The van der Waals surface area contributed by atoms with Crippen LogP contribution in [-0.4, -0.2) is 51.5 Å². The summed E-state index contributed by atoms with van der Waals surface area (Å²) in [6.45, 7) is 5.70. The molecule has 0 aromatic heterocycles. The van der Waals surface area contributed by atoms with Crippen molar-refractivity contribution in [3.05, 3.63) is 29.8 Å². The number of halogens is 4. The summed E-state index contributed by atoms with van der Waals surface area (Å²) in [6.07, 6.45) is -5.06. The lowest BCUT2D eigenvalue weighted by atomic mass is 10.1.